The summed E-state index contributed by atoms with van der Waals surface area (Å²) in [5.41, 5.74) is 1.05. The van der Waals surface area contributed by atoms with Gasteiger partial charge >= 0.3 is 0 Å². The molecule has 10 heteroatoms. The number of hydrogen-bond donors (Lipinski definition) is 1. The Morgan fingerprint density at radius 3 is 2.20 bits per heavy atom. The summed E-state index contributed by atoms with van der Waals surface area (Å²) >= 11 is 6.22. The molecule has 0 aliphatic rings. The molecule has 1 N–H and O–H groups in total. The highest BCUT2D eigenvalue weighted by Gasteiger charge is 2.34. The zero-order chi connectivity index (χ0) is 29.3. The summed E-state index contributed by atoms with van der Waals surface area (Å²) in [6.07, 6.45) is 1.08. The van der Waals surface area contributed by atoms with Crippen molar-refractivity contribution in [3.8, 4) is 5.75 Å². The third-order valence-corrected chi connectivity index (χ3v) is 8.63. The molecule has 0 bridgehead atoms. The maximum Gasteiger partial charge on any atom is 0.264 e. The fourth-order valence-corrected chi connectivity index (χ4v) is 5.77. The lowest BCUT2D eigenvalue weighted by Gasteiger charge is -2.33. The lowest BCUT2D eigenvalue weighted by molar-refractivity contribution is -0.140. The first-order valence-corrected chi connectivity index (χ1v) is 15.0. The number of ether oxygens (including phenoxy) is 1. The maximum atomic E-state index is 14.0. The van der Waals surface area contributed by atoms with Crippen LogP contribution in [0.15, 0.2) is 83.8 Å². The van der Waals surface area contributed by atoms with Gasteiger partial charge < -0.3 is 15.0 Å². The number of carbonyl (C=O) groups excluding carboxylic acids is 2. The Kier molecular flexibility index (Phi) is 11.0. The number of halogens is 1. The first-order chi connectivity index (χ1) is 19.1. The van der Waals surface area contributed by atoms with Crippen LogP contribution < -0.4 is 14.4 Å². The van der Waals surface area contributed by atoms with Gasteiger partial charge in [-0.2, -0.15) is 0 Å². The Morgan fingerprint density at radius 1 is 0.950 bits per heavy atom. The van der Waals surface area contributed by atoms with Gasteiger partial charge in [0.15, 0.2) is 0 Å². The van der Waals surface area contributed by atoms with Crippen LogP contribution in [0.3, 0.4) is 0 Å². The van der Waals surface area contributed by atoms with E-state index in [9.17, 15) is 18.0 Å². The van der Waals surface area contributed by atoms with E-state index in [0.29, 0.717) is 17.2 Å². The zero-order valence-electron chi connectivity index (χ0n) is 23.2. The summed E-state index contributed by atoms with van der Waals surface area (Å²) < 4.78 is 34.0. The summed E-state index contributed by atoms with van der Waals surface area (Å²) in [6.45, 7) is 5.30. The number of carbonyl (C=O) groups is 2. The molecule has 0 aromatic heterocycles. The minimum Gasteiger partial charge on any atom is -0.497 e. The molecular weight excluding hydrogens is 550 g/mol. The van der Waals surface area contributed by atoms with Crippen LogP contribution in [0.2, 0.25) is 5.02 Å². The van der Waals surface area contributed by atoms with Crippen molar-refractivity contribution >= 4 is 39.1 Å². The van der Waals surface area contributed by atoms with Gasteiger partial charge in [-0.25, -0.2) is 8.42 Å². The predicted molar refractivity (Wildman–Crippen MR) is 158 cm³/mol. The summed E-state index contributed by atoms with van der Waals surface area (Å²) in [5.74, 6) is -0.308. The Morgan fingerprint density at radius 2 is 1.62 bits per heavy atom. The molecule has 0 heterocycles. The average Bonchev–Trinajstić information content (AvgIpc) is 2.96. The quantitative estimate of drug-likeness (QED) is 0.295. The second-order valence-electron chi connectivity index (χ2n) is 9.42. The SMILES string of the molecule is CC[C@H](C)NC(=O)[C@H](CC)N(Cc1ccccc1)C(=O)CN(c1cccc(Cl)c1)S(=O)(=O)c1ccc(OC)cc1. The molecule has 0 saturated carbocycles. The number of benzene rings is 3. The zero-order valence-corrected chi connectivity index (χ0v) is 24.8. The summed E-state index contributed by atoms with van der Waals surface area (Å²) in [5, 5.41) is 3.29. The molecule has 2 atom stereocenters. The number of amides is 2. The van der Waals surface area contributed by atoms with Gasteiger partial charge in [-0.05, 0) is 67.8 Å². The van der Waals surface area contributed by atoms with Gasteiger partial charge in [-0.15, -0.1) is 0 Å². The van der Waals surface area contributed by atoms with Gasteiger partial charge in [0.2, 0.25) is 11.8 Å². The molecule has 3 aromatic carbocycles. The van der Waals surface area contributed by atoms with Crippen molar-refractivity contribution in [1.82, 2.24) is 10.2 Å². The second-order valence-corrected chi connectivity index (χ2v) is 11.7. The number of anilines is 1. The number of rotatable bonds is 13. The van der Waals surface area contributed by atoms with Crippen molar-refractivity contribution in [2.75, 3.05) is 18.0 Å². The normalized spacial score (nSPS) is 12.7. The Balaban J connectivity index is 2.05. The third-order valence-electron chi connectivity index (χ3n) is 6.61. The van der Waals surface area contributed by atoms with E-state index < -0.39 is 28.5 Å². The fourth-order valence-electron chi connectivity index (χ4n) is 4.18. The second kappa shape index (κ2) is 14.2. The molecule has 40 heavy (non-hydrogen) atoms. The molecule has 0 spiro atoms. The molecule has 8 nitrogen and oxygen atoms in total. The smallest absolute Gasteiger partial charge is 0.264 e. The van der Waals surface area contributed by atoms with Crippen LogP contribution in [0.5, 0.6) is 5.75 Å². The van der Waals surface area contributed by atoms with Crippen LogP contribution in [-0.4, -0.2) is 50.9 Å². The van der Waals surface area contributed by atoms with E-state index in [-0.39, 0.29) is 29.1 Å². The van der Waals surface area contributed by atoms with Crippen molar-refractivity contribution in [2.45, 2.75) is 57.1 Å². The van der Waals surface area contributed by atoms with E-state index in [4.69, 9.17) is 16.3 Å². The summed E-state index contributed by atoms with van der Waals surface area (Å²) in [7, 11) is -2.71. The Labute approximate surface area is 241 Å². The van der Waals surface area contributed by atoms with Gasteiger partial charge in [-0.1, -0.05) is 61.8 Å². The number of methoxy groups -OCH3 is 1. The van der Waals surface area contributed by atoms with Crippen LogP contribution in [0.4, 0.5) is 5.69 Å². The van der Waals surface area contributed by atoms with E-state index in [0.717, 1.165) is 16.3 Å². The highest BCUT2D eigenvalue weighted by molar-refractivity contribution is 7.92. The molecule has 3 rings (SSSR count). The monoisotopic (exact) mass is 585 g/mol. The first-order valence-electron chi connectivity index (χ1n) is 13.2. The average molecular weight is 586 g/mol. The van der Waals surface area contributed by atoms with Gasteiger partial charge in [0.05, 0.1) is 17.7 Å². The molecule has 0 unspecified atom stereocenters. The molecule has 0 fully saturated rings. The van der Waals surface area contributed by atoms with Crippen molar-refractivity contribution in [1.29, 1.82) is 0 Å². The lowest BCUT2D eigenvalue weighted by atomic mass is 10.1. The van der Waals surface area contributed by atoms with Crippen molar-refractivity contribution < 1.29 is 22.7 Å². The fraction of sp³-hybridized carbons (Fsp3) is 0.333. The van der Waals surface area contributed by atoms with E-state index >= 15 is 0 Å². The largest absolute Gasteiger partial charge is 0.497 e. The lowest BCUT2D eigenvalue weighted by Crippen LogP contribution is -2.53. The van der Waals surface area contributed by atoms with Gasteiger partial charge in [0.25, 0.3) is 10.0 Å². The van der Waals surface area contributed by atoms with Gasteiger partial charge in [0, 0.05) is 17.6 Å². The Hall–Kier alpha value is -3.56. The molecule has 0 aliphatic heterocycles. The standard InChI is InChI=1S/C30H36ClN3O5S/c1-5-22(3)32-30(36)28(6-2)33(20-23-11-8-7-9-12-23)29(35)21-34(25-14-10-13-24(31)19-25)40(37,38)27-17-15-26(39-4)16-18-27/h7-19,22,28H,5-6,20-21H2,1-4H3,(H,32,36)/t22-,28-/m0/s1. The van der Waals surface area contributed by atoms with E-state index in [1.54, 1.807) is 30.3 Å². The van der Waals surface area contributed by atoms with Crippen LogP contribution in [0, 0.1) is 0 Å². The van der Waals surface area contributed by atoms with E-state index in [2.05, 4.69) is 5.32 Å². The molecule has 214 valence electrons. The predicted octanol–water partition coefficient (Wildman–Crippen LogP) is 5.27. The highest BCUT2D eigenvalue weighted by atomic mass is 35.5. The third kappa shape index (κ3) is 7.76. The summed E-state index contributed by atoms with van der Waals surface area (Å²) in [4.78, 5) is 28.8. The molecule has 0 radical (unpaired) electrons. The molecule has 2 amide bonds. The van der Waals surface area contributed by atoms with Crippen LogP contribution >= 0.6 is 11.6 Å². The molecule has 3 aromatic rings. The van der Waals surface area contributed by atoms with Crippen molar-refractivity contribution in [2.24, 2.45) is 0 Å². The number of nitrogens with zero attached hydrogens (tertiary/aromatic N) is 2. The van der Waals surface area contributed by atoms with E-state index in [1.807, 2.05) is 51.1 Å². The summed E-state index contributed by atoms with van der Waals surface area (Å²) in [6, 6.07) is 20.7. The van der Waals surface area contributed by atoms with E-state index in [1.165, 1.54) is 30.2 Å². The minimum atomic E-state index is -4.20. The highest BCUT2D eigenvalue weighted by Crippen LogP contribution is 2.28. The number of sulfonamides is 1. The van der Waals surface area contributed by atoms with Crippen LogP contribution in [0.25, 0.3) is 0 Å². The van der Waals surface area contributed by atoms with Crippen LogP contribution in [-0.2, 0) is 26.2 Å². The van der Waals surface area contributed by atoms with Crippen molar-refractivity contribution in [3.63, 3.8) is 0 Å². The minimum absolute atomic E-state index is 0.0164. The van der Waals surface area contributed by atoms with Crippen LogP contribution in [0.1, 0.15) is 39.2 Å². The number of nitrogens with one attached hydrogen (secondary N) is 1. The molecule has 0 saturated heterocycles. The van der Waals surface area contributed by atoms with Crippen molar-refractivity contribution in [3.05, 3.63) is 89.4 Å². The molecular formula is C30H36ClN3O5S. The van der Waals surface area contributed by atoms with Gasteiger partial charge in [-0.3, -0.25) is 13.9 Å². The van der Waals surface area contributed by atoms with Gasteiger partial charge in [0.1, 0.15) is 18.3 Å². The number of hydrogen-bond acceptors (Lipinski definition) is 5. The first kappa shape index (κ1) is 31.0. The maximum absolute atomic E-state index is 14.0. The topological polar surface area (TPSA) is 96.0 Å². The molecule has 0 aliphatic carbocycles. The Bertz CT molecular complexity index is 1380.